The largest absolute Gasteiger partial charge is 0.158 e. The quantitative estimate of drug-likeness (QED) is 0.492. The van der Waals surface area contributed by atoms with Crippen LogP contribution in [0.1, 0.15) is 11.3 Å². The summed E-state index contributed by atoms with van der Waals surface area (Å²) in [4.78, 5) is 0. The molecule has 41 valence electrons. The van der Waals surface area contributed by atoms with Gasteiger partial charge in [-0.2, -0.15) is 10.2 Å². The summed E-state index contributed by atoms with van der Waals surface area (Å²) in [5, 5.41) is 7.44. The monoisotopic (exact) mass is 107 g/mol. The minimum absolute atomic E-state index is 0.951. The number of aryl methyl sites for hydroxylation is 2. The molecule has 0 fully saturated rings. The smallest absolute Gasteiger partial charge is 0.0635 e. The fraction of sp³-hybridized carbons (Fsp3) is 0.333. The molecule has 1 aromatic heterocycles. The van der Waals surface area contributed by atoms with Gasteiger partial charge in [-0.3, -0.25) is 0 Å². The fourth-order valence-electron chi connectivity index (χ4n) is 0.421. The highest BCUT2D eigenvalue weighted by Crippen LogP contribution is 1.95. The Morgan fingerprint density at radius 1 is 1.50 bits per heavy atom. The van der Waals surface area contributed by atoms with E-state index in [9.17, 15) is 0 Å². The third-order valence-electron chi connectivity index (χ3n) is 1.09. The third kappa shape index (κ3) is 0.832. The van der Waals surface area contributed by atoms with Crippen LogP contribution < -0.4 is 0 Å². The lowest BCUT2D eigenvalue weighted by atomic mass is 10.3. The maximum absolute atomic E-state index is 3.80. The van der Waals surface area contributed by atoms with Crippen LogP contribution in [0.4, 0.5) is 0 Å². The highest BCUT2D eigenvalue weighted by atomic mass is 15.1. The first-order valence-corrected chi connectivity index (χ1v) is 2.47. The Balaban J connectivity index is 3.13. The standard InChI is InChI=1S/C6H7N2/c1-5-3-4-7-8-6(5)2/h4H,1-2H3. The van der Waals surface area contributed by atoms with Gasteiger partial charge < -0.3 is 0 Å². The minimum Gasteiger partial charge on any atom is -0.158 e. The first kappa shape index (κ1) is 5.22. The topological polar surface area (TPSA) is 25.8 Å². The van der Waals surface area contributed by atoms with Gasteiger partial charge in [0.2, 0.25) is 0 Å². The average molecular weight is 107 g/mol. The summed E-state index contributed by atoms with van der Waals surface area (Å²) in [5.74, 6) is 0. The molecule has 0 aliphatic heterocycles. The molecule has 2 heteroatoms. The zero-order valence-electron chi connectivity index (χ0n) is 4.97. The zero-order valence-corrected chi connectivity index (χ0v) is 4.97. The van der Waals surface area contributed by atoms with E-state index in [1.807, 2.05) is 13.8 Å². The Hall–Kier alpha value is -0.920. The van der Waals surface area contributed by atoms with Gasteiger partial charge in [0.05, 0.1) is 11.9 Å². The van der Waals surface area contributed by atoms with Crippen molar-refractivity contribution in [3.8, 4) is 0 Å². The SMILES string of the molecule is Cc1[c]cnnc1C. The van der Waals surface area contributed by atoms with Gasteiger partial charge in [-0.05, 0) is 19.4 Å². The second-order valence-electron chi connectivity index (χ2n) is 1.70. The van der Waals surface area contributed by atoms with E-state index in [0.29, 0.717) is 0 Å². The van der Waals surface area contributed by atoms with Gasteiger partial charge in [0.25, 0.3) is 0 Å². The van der Waals surface area contributed by atoms with Crippen molar-refractivity contribution < 1.29 is 0 Å². The lowest BCUT2D eigenvalue weighted by Crippen LogP contribution is -1.87. The van der Waals surface area contributed by atoms with E-state index in [1.165, 1.54) is 0 Å². The van der Waals surface area contributed by atoms with Crippen LogP contribution >= 0.6 is 0 Å². The molecule has 0 saturated heterocycles. The van der Waals surface area contributed by atoms with Crippen LogP contribution in [-0.4, -0.2) is 10.2 Å². The van der Waals surface area contributed by atoms with Crippen molar-refractivity contribution >= 4 is 0 Å². The zero-order chi connectivity index (χ0) is 5.98. The van der Waals surface area contributed by atoms with Crippen LogP contribution in [0.3, 0.4) is 0 Å². The molecule has 8 heavy (non-hydrogen) atoms. The molecule has 0 aromatic carbocycles. The van der Waals surface area contributed by atoms with Crippen molar-refractivity contribution in [3.05, 3.63) is 23.5 Å². The molecule has 0 aliphatic rings. The molecule has 0 unspecified atom stereocenters. The van der Waals surface area contributed by atoms with Gasteiger partial charge in [-0.1, -0.05) is 0 Å². The molecule has 1 heterocycles. The van der Waals surface area contributed by atoms with Crippen molar-refractivity contribution in [1.29, 1.82) is 0 Å². The summed E-state index contributed by atoms with van der Waals surface area (Å²) >= 11 is 0. The molecule has 0 aliphatic carbocycles. The van der Waals surface area contributed by atoms with E-state index in [2.05, 4.69) is 16.3 Å². The molecule has 0 spiro atoms. The number of rotatable bonds is 0. The van der Waals surface area contributed by atoms with Gasteiger partial charge in [-0.15, -0.1) is 0 Å². The van der Waals surface area contributed by atoms with E-state index in [-0.39, 0.29) is 0 Å². The summed E-state index contributed by atoms with van der Waals surface area (Å²) < 4.78 is 0. The van der Waals surface area contributed by atoms with Crippen molar-refractivity contribution in [3.63, 3.8) is 0 Å². The van der Waals surface area contributed by atoms with E-state index in [1.54, 1.807) is 6.20 Å². The first-order valence-electron chi connectivity index (χ1n) is 2.47. The minimum atomic E-state index is 0.951. The summed E-state index contributed by atoms with van der Waals surface area (Å²) in [5.41, 5.74) is 2.02. The maximum Gasteiger partial charge on any atom is 0.0635 e. The Morgan fingerprint density at radius 2 is 2.25 bits per heavy atom. The molecule has 2 nitrogen and oxygen atoms in total. The van der Waals surface area contributed by atoms with E-state index in [0.717, 1.165) is 11.3 Å². The second kappa shape index (κ2) is 1.90. The number of hydrogen-bond acceptors (Lipinski definition) is 2. The summed E-state index contributed by atoms with van der Waals surface area (Å²) in [6, 6.07) is 2.93. The van der Waals surface area contributed by atoms with Crippen molar-refractivity contribution in [1.82, 2.24) is 10.2 Å². The molecule has 1 rings (SSSR count). The van der Waals surface area contributed by atoms with Crippen molar-refractivity contribution in [2.24, 2.45) is 0 Å². The lowest BCUT2D eigenvalue weighted by Gasteiger charge is -1.90. The Labute approximate surface area is 48.6 Å². The molecule has 0 bridgehead atoms. The van der Waals surface area contributed by atoms with Crippen molar-refractivity contribution in [2.45, 2.75) is 13.8 Å². The van der Waals surface area contributed by atoms with Gasteiger partial charge in [0, 0.05) is 6.07 Å². The maximum atomic E-state index is 3.80. The fourth-order valence-corrected chi connectivity index (χ4v) is 0.421. The third-order valence-corrected chi connectivity index (χ3v) is 1.09. The number of nitrogens with zero attached hydrogens (tertiary/aromatic N) is 2. The first-order chi connectivity index (χ1) is 3.80. The summed E-state index contributed by atoms with van der Waals surface area (Å²) in [7, 11) is 0. The number of aromatic nitrogens is 2. The van der Waals surface area contributed by atoms with E-state index < -0.39 is 0 Å². The summed E-state index contributed by atoms with van der Waals surface area (Å²) in [6.07, 6.45) is 1.57. The van der Waals surface area contributed by atoms with Gasteiger partial charge in [0.15, 0.2) is 0 Å². The average Bonchev–Trinajstić information content (AvgIpc) is 1.77. The Kier molecular flexibility index (Phi) is 1.24. The second-order valence-corrected chi connectivity index (χ2v) is 1.70. The Bertz CT molecular complexity index is 163. The van der Waals surface area contributed by atoms with Gasteiger partial charge in [0.1, 0.15) is 0 Å². The van der Waals surface area contributed by atoms with E-state index in [4.69, 9.17) is 0 Å². The molecule has 1 radical (unpaired) electrons. The molecular formula is C6H7N2. The molecule has 0 N–H and O–H groups in total. The summed E-state index contributed by atoms with van der Waals surface area (Å²) in [6.45, 7) is 3.88. The molecular weight excluding hydrogens is 100 g/mol. The van der Waals surface area contributed by atoms with Gasteiger partial charge >= 0.3 is 0 Å². The van der Waals surface area contributed by atoms with Crippen LogP contribution in [0.25, 0.3) is 0 Å². The molecule has 0 amide bonds. The number of hydrogen-bond donors (Lipinski definition) is 0. The molecule has 0 saturated carbocycles. The van der Waals surface area contributed by atoms with Crippen LogP contribution in [0.5, 0.6) is 0 Å². The highest BCUT2D eigenvalue weighted by molar-refractivity contribution is 5.10. The van der Waals surface area contributed by atoms with Crippen LogP contribution in [-0.2, 0) is 0 Å². The van der Waals surface area contributed by atoms with Crippen LogP contribution in [0, 0.1) is 19.9 Å². The molecule has 1 aromatic rings. The normalized spacial score (nSPS) is 9.25. The lowest BCUT2D eigenvalue weighted by molar-refractivity contribution is 0.958. The van der Waals surface area contributed by atoms with Crippen molar-refractivity contribution in [2.75, 3.05) is 0 Å². The van der Waals surface area contributed by atoms with E-state index >= 15 is 0 Å². The van der Waals surface area contributed by atoms with Crippen LogP contribution in [0.2, 0.25) is 0 Å². The predicted molar refractivity (Wildman–Crippen MR) is 30.3 cm³/mol. The predicted octanol–water partition coefficient (Wildman–Crippen LogP) is 0.894. The highest BCUT2D eigenvalue weighted by Gasteiger charge is 1.87. The van der Waals surface area contributed by atoms with Crippen LogP contribution in [0.15, 0.2) is 6.20 Å². The molecule has 0 atom stereocenters. The van der Waals surface area contributed by atoms with Gasteiger partial charge in [-0.25, -0.2) is 0 Å². The Morgan fingerprint density at radius 3 is 2.62 bits per heavy atom.